The molecule has 1 fully saturated rings. The predicted octanol–water partition coefficient (Wildman–Crippen LogP) is 3.97. The van der Waals surface area contributed by atoms with E-state index in [2.05, 4.69) is 5.32 Å². The molecular weight excluding hydrogens is 452 g/mol. The molecule has 0 bridgehead atoms. The molecule has 2 amide bonds. The van der Waals surface area contributed by atoms with Crippen molar-refractivity contribution in [3.05, 3.63) is 41.9 Å². The number of furan rings is 1. The Hall–Kier alpha value is -3.20. The van der Waals surface area contributed by atoms with Gasteiger partial charge in [-0.3, -0.25) is 9.59 Å². The molecule has 35 heavy (non-hydrogen) atoms. The predicted molar refractivity (Wildman–Crippen MR) is 130 cm³/mol. The number of nitrogens with one attached hydrogen (secondary N) is 1. The minimum Gasteiger partial charge on any atom is -0.493 e. The third-order valence-corrected chi connectivity index (χ3v) is 6.15. The highest BCUT2D eigenvalue weighted by Gasteiger charge is 2.35. The Morgan fingerprint density at radius 1 is 1.11 bits per heavy atom. The number of carbonyl (C=O) groups excluding carboxylic acids is 2. The maximum Gasteiger partial charge on any atom is 0.290 e. The Bertz CT molecular complexity index is 930. The van der Waals surface area contributed by atoms with Crippen LogP contribution in [0.25, 0.3) is 0 Å². The fourth-order valence-electron chi connectivity index (χ4n) is 4.45. The smallest absolute Gasteiger partial charge is 0.290 e. The summed E-state index contributed by atoms with van der Waals surface area (Å²) in [5.74, 6) is 0.733. The van der Waals surface area contributed by atoms with Crippen LogP contribution >= 0.6 is 0 Å². The van der Waals surface area contributed by atoms with Gasteiger partial charge in [-0.05, 0) is 56.0 Å². The third kappa shape index (κ3) is 6.48. The Labute approximate surface area is 206 Å². The van der Waals surface area contributed by atoms with Gasteiger partial charge in [0.2, 0.25) is 11.7 Å². The van der Waals surface area contributed by atoms with E-state index in [1.165, 1.54) is 32.5 Å². The van der Waals surface area contributed by atoms with Gasteiger partial charge >= 0.3 is 0 Å². The van der Waals surface area contributed by atoms with Crippen molar-refractivity contribution in [1.82, 2.24) is 10.2 Å². The van der Waals surface area contributed by atoms with Crippen LogP contribution in [0.4, 0.5) is 0 Å². The molecule has 1 aromatic carbocycles. The van der Waals surface area contributed by atoms with Crippen LogP contribution in [0.15, 0.2) is 34.9 Å². The van der Waals surface area contributed by atoms with Crippen molar-refractivity contribution in [2.75, 3.05) is 41.1 Å². The number of amides is 2. The molecule has 1 heterocycles. The van der Waals surface area contributed by atoms with Gasteiger partial charge in [0.1, 0.15) is 6.04 Å². The quantitative estimate of drug-likeness (QED) is 0.426. The number of carbonyl (C=O) groups is 2. The molecule has 0 saturated heterocycles. The van der Waals surface area contributed by atoms with Crippen molar-refractivity contribution < 1.29 is 33.0 Å². The largest absolute Gasteiger partial charge is 0.493 e. The molecule has 2 aromatic rings. The van der Waals surface area contributed by atoms with Gasteiger partial charge in [-0.25, -0.2) is 0 Å². The van der Waals surface area contributed by atoms with E-state index in [9.17, 15) is 9.59 Å². The van der Waals surface area contributed by atoms with Crippen LogP contribution in [0.3, 0.4) is 0 Å². The van der Waals surface area contributed by atoms with Gasteiger partial charge in [0.25, 0.3) is 5.91 Å². The minimum absolute atomic E-state index is 0.0797. The highest BCUT2D eigenvalue weighted by molar-refractivity contribution is 5.96. The molecule has 0 spiro atoms. The number of hydrogen-bond acceptors (Lipinski definition) is 7. The van der Waals surface area contributed by atoms with Crippen molar-refractivity contribution in [1.29, 1.82) is 0 Å². The SMILES string of the molecule is CCOCCCN(C(=O)c1ccco1)[C@@H](C(=O)NC1CCCC1)c1cc(OC)c(OC)c(OC)c1. The monoisotopic (exact) mass is 488 g/mol. The van der Waals surface area contributed by atoms with Crippen LogP contribution < -0.4 is 19.5 Å². The second-order valence-corrected chi connectivity index (χ2v) is 8.38. The average Bonchev–Trinajstić information content (AvgIpc) is 3.59. The van der Waals surface area contributed by atoms with Gasteiger partial charge in [0.15, 0.2) is 17.3 Å². The summed E-state index contributed by atoms with van der Waals surface area (Å²) in [6, 6.07) is 5.81. The summed E-state index contributed by atoms with van der Waals surface area (Å²) in [5.41, 5.74) is 0.548. The number of rotatable bonds is 13. The van der Waals surface area contributed by atoms with E-state index in [1.807, 2.05) is 6.92 Å². The molecule has 0 unspecified atom stereocenters. The van der Waals surface area contributed by atoms with Gasteiger partial charge < -0.3 is 33.6 Å². The standard InChI is InChI=1S/C26H36N2O7/c1-5-34-14-9-13-28(26(30)20-12-8-15-35-20)23(25(29)27-19-10-6-7-11-19)18-16-21(31-2)24(33-4)22(17-18)32-3/h8,12,15-17,19,23H,5-7,9-11,13-14H2,1-4H3,(H,27,29)/t23-/m1/s1. The Morgan fingerprint density at radius 2 is 1.80 bits per heavy atom. The Balaban J connectivity index is 2.06. The first-order valence-electron chi connectivity index (χ1n) is 12.1. The molecular formula is C26H36N2O7. The maximum atomic E-state index is 13.8. The zero-order chi connectivity index (χ0) is 25.2. The van der Waals surface area contributed by atoms with Crippen molar-refractivity contribution in [3.63, 3.8) is 0 Å². The van der Waals surface area contributed by atoms with Crippen LogP contribution in [0.1, 0.15) is 61.2 Å². The summed E-state index contributed by atoms with van der Waals surface area (Å²) in [5, 5.41) is 3.16. The molecule has 0 aliphatic heterocycles. The van der Waals surface area contributed by atoms with Gasteiger partial charge in [-0.2, -0.15) is 0 Å². The molecule has 1 saturated carbocycles. The molecule has 1 atom stereocenters. The molecule has 1 N–H and O–H groups in total. The number of nitrogens with zero attached hydrogens (tertiary/aromatic N) is 1. The molecule has 9 nitrogen and oxygen atoms in total. The van der Waals surface area contributed by atoms with Gasteiger partial charge in [-0.1, -0.05) is 12.8 Å². The van der Waals surface area contributed by atoms with Crippen LogP contribution in [0.5, 0.6) is 17.2 Å². The van der Waals surface area contributed by atoms with Gasteiger partial charge in [-0.15, -0.1) is 0 Å². The van der Waals surface area contributed by atoms with E-state index in [0.717, 1.165) is 25.7 Å². The highest BCUT2D eigenvalue weighted by atomic mass is 16.5. The van der Waals surface area contributed by atoms with Crippen LogP contribution in [-0.2, 0) is 9.53 Å². The maximum absolute atomic E-state index is 13.8. The minimum atomic E-state index is -0.941. The van der Waals surface area contributed by atoms with Gasteiger partial charge in [0.05, 0.1) is 27.6 Å². The lowest BCUT2D eigenvalue weighted by molar-refractivity contribution is -0.126. The fourth-order valence-corrected chi connectivity index (χ4v) is 4.45. The van der Waals surface area contributed by atoms with E-state index < -0.39 is 6.04 Å². The zero-order valence-corrected chi connectivity index (χ0v) is 21.0. The summed E-state index contributed by atoms with van der Waals surface area (Å²) in [4.78, 5) is 28.9. The summed E-state index contributed by atoms with van der Waals surface area (Å²) in [6.07, 6.45) is 5.98. The van der Waals surface area contributed by atoms with Gasteiger partial charge in [0, 0.05) is 25.8 Å². The molecule has 192 valence electrons. The second-order valence-electron chi connectivity index (χ2n) is 8.38. The van der Waals surface area contributed by atoms with E-state index in [4.69, 9.17) is 23.4 Å². The molecule has 1 aromatic heterocycles. The summed E-state index contributed by atoms with van der Waals surface area (Å²) in [7, 11) is 4.55. The number of benzene rings is 1. The molecule has 1 aliphatic carbocycles. The van der Waals surface area contributed by atoms with E-state index >= 15 is 0 Å². The molecule has 9 heteroatoms. The van der Waals surface area contributed by atoms with Crippen LogP contribution in [0.2, 0.25) is 0 Å². The van der Waals surface area contributed by atoms with E-state index in [0.29, 0.717) is 49.0 Å². The normalized spacial score (nSPS) is 14.4. The Morgan fingerprint density at radius 3 is 2.34 bits per heavy atom. The van der Waals surface area contributed by atoms with Crippen LogP contribution in [0, 0.1) is 0 Å². The van der Waals surface area contributed by atoms with Crippen molar-refractivity contribution in [3.8, 4) is 17.2 Å². The molecule has 3 rings (SSSR count). The average molecular weight is 489 g/mol. The van der Waals surface area contributed by atoms with Crippen molar-refractivity contribution in [2.24, 2.45) is 0 Å². The lowest BCUT2D eigenvalue weighted by Gasteiger charge is -2.32. The summed E-state index contributed by atoms with van der Waals surface area (Å²) >= 11 is 0. The number of methoxy groups -OCH3 is 3. The van der Waals surface area contributed by atoms with Crippen molar-refractivity contribution >= 4 is 11.8 Å². The fraction of sp³-hybridized carbons (Fsp3) is 0.538. The van der Waals surface area contributed by atoms with Crippen LogP contribution in [-0.4, -0.2) is 63.8 Å². The first kappa shape index (κ1) is 26.4. The molecule has 1 aliphatic rings. The van der Waals surface area contributed by atoms with Crippen molar-refractivity contribution in [2.45, 2.75) is 51.1 Å². The third-order valence-electron chi connectivity index (χ3n) is 6.15. The highest BCUT2D eigenvalue weighted by Crippen LogP contribution is 2.41. The first-order chi connectivity index (χ1) is 17.0. The van der Waals surface area contributed by atoms with E-state index in [-0.39, 0.29) is 23.6 Å². The summed E-state index contributed by atoms with van der Waals surface area (Å²) in [6.45, 7) is 3.24. The zero-order valence-electron chi connectivity index (χ0n) is 21.0. The second kappa shape index (κ2) is 13.0. The first-order valence-corrected chi connectivity index (χ1v) is 12.1. The topological polar surface area (TPSA) is 99.5 Å². The lowest BCUT2D eigenvalue weighted by atomic mass is 10.0. The Kier molecular flexibility index (Phi) is 9.84. The molecule has 0 radical (unpaired) electrons. The summed E-state index contributed by atoms with van der Waals surface area (Å²) < 4.78 is 27.4. The number of hydrogen-bond donors (Lipinski definition) is 1. The number of ether oxygens (including phenoxy) is 4. The van der Waals surface area contributed by atoms with E-state index in [1.54, 1.807) is 24.3 Å². The lowest BCUT2D eigenvalue weighted by Crippen LogP contribution is -2.46.